The minimum atomic E-state index is -0.327. The quantitative estimate of drug-likeness (QED) is 0.611. The molecule has 0 N–H and O–H groups in total. The highest BCUT2D eigenvalue weighted by Gasteiger charge is 2.47. The van der Waals surface area contributed by atoms with Gasteiger partial charge in [0.1, 0.15) is 14.4 Å². The summed E-state index contributed by atoms with van der Waals surface area (Å²) in [5.41, 5.74) is 2.23. The molecule has 1 aromatic carbocycles. The van der Waals surface area contributed by atoms with Crippen molar-refractivity contribution in [3.05, 3.63) is 48.0 Å². The van der Waals surface area contributed by atoms with Crippen LogP contribution in [0.25, 0.3) is 11.5 Å². The third kappa shape index (κ3) is 3.34. The molecule has 8 heteroatoms. The topological polar surface area (TPSA) is 77.0 Å². The second-order valence-corrected chi connectivity index (χ2v) is 7.74. The molecule has 2 radical (unpaired) electrons. The average molecular weight is 375 g/mol. The Morgan fingerprint density at radius 3 is 2.68 bits per heavy atom. The molecule has 2 heterocycles. The van der Waals surface area contributed by atoms with Gasteiger partial charge in [-0.3, -0.25) is 9.48 Å². The second kappa shape index (κ2) is 6.93. The first-order chi connectivity index (χ1) is 13.4. The zero-order valence-corrected chi connectivity index (χ0v) is 16.3. The molecule has 1 saturated carbocycles. The summed E-state index contributed by atoms with van der Waals surface area (Å²) in [6, 6.07) is 7.88. The smallest absolute Gasteiger partial charge is 0.261 e. The first kappa shape index (κ1) is 18.5. The van der Waals surface area contributed by atoms with Crippen molar-refractivity contribution in [1.82, 2.24) is 24.8 Å². The summed E-state index contributed by atoms with van der Waals surface area (Å²) in [7, 11) is 9.28. The van der Waals surface area contributed by atoms with E-state index in [1.165, 1.54) is 4.90 Å². The van der Waals surface area contributed by atoms with E-state index in [1.54, 1.807) is 31.2 Å². The summed E-state index contributed by atoms with van der Waals surface area (Å²) in [5.74, 6) is 1.50. The predicted molar refractivity (Wildman–Crippen MR) is 105 cm³/mol. The van der Waals surface area contributed by atoms with Crippen molar-refractivity contribution in [3.8, 4) is 11.5 Å². The molecule has 0 saturated heterocycles. The molecule has 1 atom stereocenters. The third-order valence-corrected chi connectivity index (χ3v) is 5.47. The molecule has 1 amide bonds. The van der Waals surface area contributed by atoms with E-state index in [-0.39, 0.29) is 17.9 Å². The molecule has 28 heavy (non-hydrogen) atoms. The first-order valence-electron chi connectivity index (χ1n) is 9.31. The Balaban J connectivity index is 1.62. The summed E-state index contributed by atoms with van der Waals surface area (Å²) in [6.45, 7) is 2.32. The van der Waals surface area contributed by atoms with Crippen LogP contribution in [0.15, 0.2) is 41.2 Å². The van der Waals surface area contributed by atoms with Crippen LogP contribution in [0.3, 0.4) is 0 Å². The Morgan fingerprint density at radius 2 is 2.04 bits per heavy atom. The summed E-state index contributed by atoms with van der Waals surface area (Å²) < 4.78 is 7.12. The lowest BCUT2D eigenvalue weighted by molar-refractivity contribution is -0.129. The maximum Gasteiger partial charge on any atom is 0.261 e. The van der Waals surface area contributed by atoms with E-state index in [1.807, 2.05) is 24.3 Å². The Bertz CT molecular complexity index is 990. The van der Waals surface area contributed by atoms with Crippen LogP contribution in [0, 0.1) is 5.92 Å². The molecule has 7 nitrogen and oxygen atoms in total. The number of hydrogen-bond acceptors (Lipinski definition) is 5. The second-order valence-electron chi connectivity index (χ2n) is 7.74. The van der Waals surface area contributed by atoms with Gasteiger partial charge in [0.05, 0.1) is 17.2 Å². The van der Waals surface area contributed by atoms with E-state index in [0.717, 1.165) is 23.9 Å². The van der Waals surface area contributed by atoms with Gasteiger partial charge in [-0.25, -0.2) is 0 Å². The van der Waals surface area contributed by atoms with Gasteiger partial charge in [-0.05, 0) is 31.2 Å². The summed E-state index contributed by atoms with van der Waals surface area (Å²) >= 11 is 0. The highest BCUT2D eigenvalue weighted by Crippen LogP contribution is 2.50. The number of rotatable bonds is 6. The zero-order chi connectivity index (χ0) is 19.9. The summed E-state index contributed by atoms with van der Waals surface area (Å²) in [4.78, 5) is 18.1. The van der Waals surface area contributed by atoms with Gasteiger partial charge in [0, 0.05) is 20.3 Å². The van der Waals surface area contributed by atoms with Crippen LogP contribution in [-0.2, 0) is 16.8 Å². The lowest BCUT2D eigenvalue weighted by Crippen LogP contribution is -2.28. The van der Waals surface area contributed by atoms with E-state index in [0.29, 0.717) is 23.2 Å². The molecular weight excluding hydrogens is 353 g/mol. The molecule has 0 spiro atoms. The number of carbonyl (C=O) groups excluding carboxylic acids is 1. The van der Waals surface area contributed by atoms with Crippen molar-refractivity contribution in [3.63, 3.8) is 0 Å². The monoisotopic (exact) mass is 375 g/mol. The van der Waals surface area contributed by atoms with Crippen molar-refractivity contribution >= 4 is 19.2 Å². The molecule has 0 aliphatic heterocycles. The number of nitrogens with zero attached hydrogens (tertiary/aromatic N) is 5. The van der Waals surface area contributed by atoms with Crippen LogP contribution >= 0.6 is 0 Å². The molecule has 0 bridgehead atoms. The average Bonchev–Trinajstić information content (AvgIpc) is 3.23. The SMILES string of the molecule is [B]c1ccc(C(C)(c2noc(-c3cnn(CC(=O)N(C)C)c3)n2)C2CC2)cc1. The molecule has 1 aliphatic carbocycles. The molecule has 2 aromatic heterocycles. The molecule has 3 aromatic rings. The number of amides is 1. The lowest BCUT2D eigenvalue weighted by Gasteiger charge is -2.26. The van der Waals surface area contributed by atoms with Crippen LogP contribution < -0.4 is 5.46 Å². The van der Waals surface area contributed by atoms with Crippen molar-refractivity contribution in [2.75, 3.05) is 14.1 Å². The van der Waals surface area contributed by atoms with Crippen LogP contribution in [-0.4, -0.2) is 52.7 Å². The molecule has 1 aliphatic rings. The Hall–Kier alpha value is -2.90. The van der Waals surface area contributed by atoms with E-state index in [2.05, 4.69) is 22.2 Å². The third-order valence-electron chi connectivity index (χ3n) is 5.47. The molecule has 4 rings (SSSR count). The first-order valence-corrected chi connectivity index (χ1v) is 9.31. The van der Waals surface area contributed by atoms with Crippen LogP contribution in [0.1, 0.15) is 31.2 Å². The van der Waals surface area contributed by atoms with Gasteiger partial charge in [0.25, 0.3) is 5.89 Å². The standard InChI is InChI=1S/C20H22BN5O2/c1-20(14-4-5-14,15-6-8-16(21)9-7-15)19-23-18(28-24-19)13-10-22-26(11-13)12-17(27)25(2)3/h6-11,14H,4-5,12H2,1-3H3. The fraction of sp³-hybridized carbons (Fsp3) is 0.400. The summed E-state index contributed by atoms with van der Waals surface area (Å²) in [6.07, 6.45) is 5.65. The number of hydrogen-bond donors (Lipinski definition) is 0. The van der Waals surface area contributed by atoms with Crippen LogP contribution in [0.4, 0.5) is 0 Å². The maximum absolute atomic E-state index is 11.9. The Morgan fingerprint density at radius 1 is 1.32 bits per heavy atom. The normalized spacial score (nSPS) is 16.0. The fourth-order valence-electron chi connectivity index (χ4n) is 3.43. The predicted octanol–water partition coefficient (Wildman–Crippen LogP) is 1.53. The van der Waals surface area contributed by atoms with E-state index in [4.69, 9.17) is 12.4 Å². The zero-order valence-electron chi connectivity index (χ0n) is 16.3. The highest BCUT2D eigenvalue weighted by molar-refractivity contribution is 6.32. The minimum absolute atomic E-state index is 0.0365. The Kier molecular flexibility index (Phi) is 4.57. The van der Waals surface area contributed by atoms with Gasteiger partial charge in [-0.1, -0.05) is 34.9 Å². The van der Waals surface area contributed by atoms with Crippen LogP contribution in [0.2, 0.25) is 0 Å². The van der Waals surface area contributed by atoms with Gasteiger partial charge in [0.2, 0.25) is 5.91 Å². The number of likely N-dealkylation sites (N-methyl/N-ethyl adjacent to an activating group) is 1. The van der Waals surface area contributed by atoms with E-state index < -0.39 is 0 Å². The largest absolute Gasteiger partial charge is 0.347 e. The lowest BCUT2D eigenvalue weighted by atomic mass is 9.76. The van der Waals surface area contributed by atoms with Gasteiger partial charge in [0.15, 0.2) is 5.82 Å². The highest BCUT2D eigenvalue weighted by atomic mass is 16.5. The maximum atomic E-state index is 11.9. The van der Waals surface area contributed by atoms with Crippen molar-refractivity contribution in [2.45, 2.75) is 31.7 Å². The van der Waals surface area contributed by atoms with Crippen molar-refractivity contribution < 1.29 is 9.32 Å². The van der Waals surface area contributed by atoms with Gasteiger partial charge in [-0.2, -0.15) is 10.1 Å². The Labute approximate surface area is 165 Å². The van der Waals surface area contributed by atoms with Crippen LogP contribution in [0.5, 0.6) is 0 Å². The van der Waals surface area contributed by atoms with E-state index in [9.17, 15) is 4.79 Å². The van der Waals surface area contributed by atoms with Crippen molar-refractivity contribution in [1.29, 1.82) is 0 Å². The molecule has 1 fully saturated rings. The summed E-state index contributed by atoms with van der Waals surface area (Å²) in [5, 5.41) is 8.52. The minimum Gasteiger partial charge on any atom is -0.347 e. The van der Waals surface area contributed by atoms with E-state index >= 15 is 0 Å². The number of benzene rings is 1. The van der Waals surface area contributed by atoms with Gasteiger partial charge >= 0.3 is 0 Å². The fourth-order valence-corrected chi connectivity index (χ4v) is 3.43. The number of aromatic nitrogens is 4. The molecule has 142 valence electrons. The molecular formula is C20H22BN5O2. The molecule has 1 unspecified atom stereocenters. The van der Waals surface area contributed by atoms with Gasteiger partial charge in [-0.15, -0.1) is 0 Å². The van der Waals surface area contributed by atoms with Crippen molar-refractivity contribution in [2.24, 2.45) is 5.92 Å². The number of carbonyl (C=O) groups is 1. The van der Waals surface area contributed by atoms with Gasteiger partial charge < -0.3 is 9.42 Å².